The topological polar surface area (TPSA) is 219 Å². The van der Waals surface area contributed by atoms with Gasteiger partial charge in [0.1, 0.15) is 0 Å². The summed E-state index contributed by atoms with van der Waals surface area (Å²) in [6, 6.07) is 54.0. The number of fused-ring (bicyclic) bond motifs is 8. The van der Waals surface area contributed by atoms with Crippen LogP contribution in [-0.4, -0.2) is 88.6 Å². The maximum atomic E-state index is 8.55. The molecule has 0 saturated heterocycles. The van der Waals surface area contributed by atoms with Gasteiger partial charge < -0.3 is 50.2 Å². The molecule has 0 saturated carbocycles. The molecule has 8 bridgehead atoms. The number of hydrogen-bond acceptors (Lipinski definition) is 10. The van der Waals surface area contributed by atoms with Crippen molar-refractivity contribution in [2.45, 2.75) is 0 Å². The summed E-state index contributed by atoms with van der Waals surface area (Å²) in [5.41, 5.74) is 9.46. The number of aromatic amines is 2. The number of benzene rings is 4. The Bertz CT molecular complexity index is 2320. The Labute approximate surface area is 365 Å². The molecule has 1 radical (unpaired) electrons. The Balaban J connectivity index is 0.000000185. The Hall–Kier alpha value is -6.06. The van der Waals surface area contributed by atoms with E-state index in [4.69, 9.17) is 40.2 Å². The standard InChI is InChI=1S/C20H14N4.4C6H6BO2.Mn/c1-2-14-10-16-5-6-18(23-16)12-20-8-7-19(24-20)11-17-4-3-15(22-17)9-13(1)21-14;4*8-7(9)6-4-2-1-3-5-6;/h1-12,21-22H;4*1-4,8-9H;/q;4*-1;. The van der Waals surface area contributed by atoms with Crippen molar-refractivity contribution in [3.8, 4) is 0 Å². The first-order valence-corrected chi connectivity index (χ1v) is 18.4. The quantitative estimate of drug-likeness (QED) is 0.0905. The maximum absolute atomic E-state index is 8.55. The molecular formula is C44H38B4MnN4O8-4. The number of nitrogens with zero attached hydrogens (tertiary/aromatic N) is 2. The van der Waals surface area contributed by atoms with Crippen LogP contribution in [-0.2, 0) is 17.1 Å². The molecular weight excluding hydrogens is 811 g/mol. The van der Waals surface area contributed by atoms with E-state index in [9.17, 15) is 0 Å². The zero-order chi connectivity index (χ0) is 42.7. The number of nitrogens with one attached hydrogen (secondary N) is 2. The third-order valence-electron chi connectivity index (χ3n) is 8.09. The molecule has 0 amide bonds. The summed E-state index contributed by atoms with van der Waals surface area (Å²) in [4.78, 5) is 16.0. The SMILES string of the molecule is C1=Cc2cc3ccc(cc4ccc(cc5nc(cc1n2)C=C5)[nH]4)[nH]3.OB(O)c1[c-]cccc1.OB(O)c1[c-]cccc1.OB(O)c1[c-]cccc1.OB(O)c1[c-]cccc1.[Mn]. The number of H-pyrrole nitrogens is 2. The van der Waals surface area contributed by atoms with E-state index in [1.807, 2.05) is 42.5 Å². The summed E-state index contributed by atoms with van der Waals surface area (Å²) < 4.78 is 0. The summed E-state index contributed by atoms with van der Waals surface area (Å²) in [6.07, 6.45) is 8.05. The molecule has 2 aliphatic heterocycles. The second-order valence-electron chi connectivity index (χ2n) is 12.7. The smallest absolute Gasteiger partial charge is 0.425 e. The van der Waals surface area contributed by atoms with Gasteiger partial charge in [-0.05, 0) is 72.8 Å². The minimum absolute atomic E-state index is 0. The average molecular weight is 849 g/mol. The Kier molecular flexibility index (Phi) is 19.4. The molecule has 3 aromatic heterocycles. The van der Waals surface area contributed by atoms with Gasteiger partial charge in [0.15, 0.2) is 0 Å². The minimum Gasteiger partial charge on any atom is -0.425 e. The molecule has 2 aliphatic rings. The van der Waals surface area contributed by atoms with Gasteiger partial charge in [-0.3, -0.25) is 0 Å². The fraction of sp³-hybridized carbons (Fsp3) is 0. The van der Waals surface area contributed by atoms with Gasteiger partial charge in [-0.1, -0.05) is 0 Å². The molecule has 0 unspecified atom stereocenters. The van der Waals surface area contributed by atoms with Gasteiger partial charge >= 0.3 is 28.5 Å². The first kappa shape index (κ1) is 47.6. The predicted octanol–water partition coefficient (Wildman–Crippen LogP) is 1.32. The summed E-state index contributed by atoms with van der Waals surface area (Å²) in [7, 11) is -5.59. The van der Waals surface area contributed by atoms with Crippen molar-refractivity contribution in [1.82, 2.24) is 19.9 Å². The van der Waals surface area contributed by atoms with Gasteiger partial charge in [0.25, 0.3) is 0 Å². The molecule has 12 nitrogen and oxygen atoms in total. The van der Waals surface area contributed by atoms with E-state index < -0.39 is 28.5 Å². The van der Waals surface area contributed by atoms with Gasteiger partial charge in [-0.25, -0.2) is 9.97 Å². The van der Waals surface area contributed by atoms with Crippen molar-refractivity contribution in [2.24, 2.45) is 0 Å². The normalized spacial score (nSPS) is 10.4. The van der Waals surface area contributed by atoms with Crippen molar-refractivity contribution < 1.29 is 57.3 Å². The minimum atomic E-state index is -1.40. The van der Waals surface area contributed by atoms with E-state index in [-0.39, 0.29) is 17.1 Å². The van der Waals surface area contributed by atoms with Crippen LogP contribution in [0.2, 0.25) is 0 Å². The Morgan fingerprint density at radius 3 is 0.836 bits per heavy atom. The van der Waals surface area contributed by atoms with Crippen molar-refractivity contribution in [3.05, 3.63) is 193 Å². The van der Waals surface area contributed by atoms with Crippen LogP contribution in [0.5, 0.6) is 0 Å². The molecule has 7 aromatic rings. The molecule has 61 heavy (non-hydrogen) atoms. The van der Waals surface area contributed by atoms with Crippen LogP contribution in [0.3, 0.4) is 0 Å². The second kappa shape index (κ2) is 24.9. The number of aromatic nitrogens is 4. The van der Waals surface area contributed by atoms with Crippen LogP contribution in [0.15, 0.2) is 146 Å². The van der Waals surface area contributed by atoms with Crippen LogP contribution in [0.1, 0.15) is 22.8 Å². The number of rotatable bonds is 4. The van der Waals surface area contributed by atoms with Crippen molar-refractivity contribution in [1.29, 1.82) is 0 Å². The van der Waals surface area contributed by atoms with Gasteiger partial charge in [0.05, 0.1) is 22.8 Å². The maximum Gasteiger partial charge on any atom is 0.462 e. The van der Waals surface area contributed by atoms with Crippen molar-refractivity contribution >= 4 is 96.7 Å². The summed E-state index contributed by atoms with van der Waals surface area (Å²) >= 11 is 0. The van der Waals surface area contributed by atoms with Gasteiger partial charge in [0.2, 0.25) is 0 Å². The molecule has 0 atom stereocenters. The zero-order valence-electron chi connectivity index (χ0n) is 32.3. The third-order valence-corrected chi connectivity index (χ3v) is 8.09. The Morgan fingerprint density at radius 1 is 0.344 bits per heavy atom. The molecule has 17 heteroatoms. The first-order chi connectivity index (χ1) is 29.0. The second-order valence-corrected chi connectivity index (χ2v) is 12.7. The molecule has 0 aliphatic carbocycles. The van der Waals surface area contributed by atoms with E-state index in [0.717, 1.165) is 44.8 Å². The Morgan fingerprint density at radius 2 is 0.607 bits per heavy atom. The molecule has 5 heterocycles. The molecule has 0 fully saturated rings. The van der Waals surface area contributed by atoms with Crippen LogP contribution < -0.4 is 21.9 Å². The largest absolute Gasteiger partial charge is 0.462 e. The van der Waals surface area contributed by atoms with Crippen molar-refractivity contribution in [3.63, 3.8) is 0 Å². The van der Waals surface area contributed by atoms with Crippen LogP contribution in [0.4, 0.5) is 0 Å². The van der Waals surface area contributed by atoms with Crippen LogP contribution >= 0.6 is 0 Å². The fourth-order valence-electron chi connectivity index (χ4n) is 5.22. The zero-order valence-corrected chi connectivity index (χ0v) is 33.5. The van der Waals surface area contributed by atoms with Crippen LogP contribution in [0, 0.1) is 24.3 Å². The van der Waals surface area contributed by atoms with E-state index in [2.05, 4.69) is 74.5 Å². The van der Waals surface area contributed by atoms with Gasteiger partial charge in [-0.15, -0.1) is 21.9 Å². The average Bonchev–Trinajstić information content (AvgIpc) is 4.11. The summed E-state index contributed by atoms with van der Waals surface area (Å²) in [5, 5.41) is 68.4. The summed E-state index contributed by atoms with van der Waals surface area (Å²) in [5.74, 6) is 0. The number of hydrogen-bond donors (Lipinski definition) is 10. The van der Waals surface area contributed by atoms with E-state index in [0.29, 0.717) is 21.9 Å². The molecule has 9 rings (SSSR count). The molecule has 4 aromatic carbocycles. The van der Waals surface area contributed by atoms with E-state index in [1.54, 1.807) is 97.1 Å². The fourth-order valence-corrected chi connectivity index (χ4v) is 5.22. The predicted molar refractivity (Wildman–Crippen MR) is 239 cm³/mol. The summed E-state index contributed by atoms with van der Waals surface area (Å²) in [6.45, 7) is 0. The monoisotopic (exact) mass is 849 g/mol. The molecule has 305 valence electrons. The van der Waals surface area contributed by atoms with E-state index >= 15 is 0 Å². The van der Waals surface area contributed by atoms with Crippen molar-refractivity contribution in [2.75, 3.05) is 0 Å². The molecule has 10 N–H and O–H groups in total. The third kappa shape index (κ3) is 16.5. The van der Waals surface area contributed by atoms with E-state index in [1.165, 1.54) is 0 Å². The van der Waals surface area contributed by atoms with Gasteiger partial charge in [-0.2, -0.15) is 121 Å². The first-order valence-electron chi connectivity index (χ1n) is 18.4. The van der Waals surface area contributed by atoms with Gasteiger partial charge in [0, 0.05) is 39.1 Å². The molecule has 0 spiro atoms. The van der Waals surface area contributed by atoms with Crippen LogP contribution in [0.25, 0.3) is 46.4 Å².